The fraction of sp³-hybridized carbons (Fsp3) is 0.176. The molecule has 126 valence electrons. The smallest absolute Gasteiger partial charge is 0.257 e. The van der Waals surface area contributed by atoms with Crippen LogP contribution in [0.4, 0.5) is 0 Å². The summed E-state index contributed by atoms with van der Waals surface area (Å²) in [5.41, 5.74) is 5.55. The van der Waals surface area contributed by atoms with Gasteiger partial charge in [-0.05, 0) is 48.5 Å². The first kappa shape index (κ1) is 18.2. The Morgan fingerprint density at radius 1 is 1.08 bits per heavy atom. The number of rotatable bonds is 8. The van der Waals surface area contributed by atoms with Crippen LogP contribution < -0.4 is 15.8 Å². The zero-order chi connectivity index (χ0) is 17.4. The zero-order valence-corrected chi connectivity index (χ0v) is 14.4. The number of hydrogen-bond donors (Lipinski definition) is 2. The summed E-state index contributed by atoms with van der Waals surface area (Å²) in [5, 5.41) is 3.48. The van der Waals surface area contributed by atoms with E-state index < -0.39 is 5.91 Å². The topological polar surface area (TPSA) is 81.4 Å². The van der Waals surface area contributed by atoms with Gasteiger partial charge in [0, 0.05) is 27.8 Å². The van der Waals surface area contributed by atoms with Gasteiger partial charge in [0.25, 0.3) is 5.91 Å². The van der Waals surface area contributed by atoms with Crippen LogP contribution in [0.3, 0.4) is 0 Å². The Morgan fingerprint density at radius 3 is 2.38 bits per heavy atom. The summed E-state index contributed by atoms with van der Waals surface area (Å²) in [7, 11) is 0. The minimum Gasteiger partial charge on any atom is -0.484 e. The molecule has 2 rings (SSSR count). The number of hydrogen-bond acceptors (Lipinski definition) is 4. The highest BCUT2D eigenvalue weighted by molar-refractivity contribution is 7.99. The number of nitrogens with two attached hydrogens (primary N) is 1. The van der Waals surface area contributed by atoms with E-state index in [0.29, 0.717) is 22.9 Å². The van der Waals surface area contributed by atoms with Gasteiger partial charge in [0.15, 0.2) is 6.61 Å². The van der Waals surface area contributed by atoms with E-state index in [1.165, 1.54) is 0 Å². The summed E-state index contributed by atoms with van der Waals surface area (Å²) in [6.45, 7) is 0.456. The number of carbonyl (C=O) groups is 2. The van der Waals surface area contributed by atoms with E-state index in [4.69, 9.17) is 22.1 Å². The summed E-state index contributed by atoms with van der Waals surface area (Å²) >= 11 is 7.45. The first-order chi connectivity index (χ1) is 11.5. The molecule has 0 saturated carbocycles. The summed E-state index contributed by atoms with van der Waals surface area (Å²) in [6.07, 6.45) is 0. The maximum absolute atomic E-state index is 11.7. The van der Waals surface area contributed by atoms with Gasteiger partial charge < -0.3 is 15.8 Å². The molecular weight excluding hydrogens is 348 g/mol. The van der Waals surface area contributed by atoms with Gasteiger partial charge in [-0.15, -0.1) is 11.8 Å². The fourth-order valence-corrected chi connectivity index (χ4v) is 2.70. The SMILES string of the molecule is NC(=O)c1ccc(OCC(=O)NCCSc2ccc(Cl)cc2)cc1. The monoisotopic (exact) mass is 364 g/mol. The molecule has 0 aliphatic carbocycles. The van der Waals surface area contributed by atoms with E-state index in [1.807, 2.05) is 24.3 Å². The standard InChI is InChI=1S/C17H17ClN2O3S/c18-13-3-7-15(8-4-13)24-10-9-20-16(21)11-23-14-5-1-12(2-6-14)17(19)22/h1-8H,9-11H2,(H2,19,22)(H,20,21). The van der Waals surface area contributed by atoms with Gasteiger partial charge >= 0.3 is 0 Å². The summed E-state index contributed by atoms with van der Waals surface area (Å²) < 4.78 is 5.35. The number of ether oxygens (including phenoxy) is 1. The molecule has 0 unspecified atom stereocenters. The molecule has 2 amide bonds. The van der Waals surface area contributed by atoms with Crippen molar-refractivity contribution in [2.45, 2.75) is 4.90 Å². The van der Waals surface area contributed by atoms with E-state index >= 15 is 0 Å². The van der Waals surface area contributed by atoms with Gasteiger partial charge in [-0.2, -0.15) is 0 Å². The van der Waals surface area contributed by atoms with Crippen LogP contribution in [0.15, 0.2) is 53.4 Å². The minimum atomic E-state index is -0.502. The highest BCUT2D eigenvalue weighted by Crippen LogP contribution is 2.19. The van der Waals surface area contributed by atoms with E-state index in [1.54, 1.807) is 36.0 Å². The molecule has 2 aromatic rings. The van der Waals surface area contributed by atoms with Crippen molar-refractivity contribution in [1.82, 2.24) is 5.32 Å². The lowest BCUT2D eigenvalue weighted by atomic mass is 10.2. The number of amides is 2. The molecule has 0 aliphatic rings. The quantitative estimate of drug-likeness (QED) is 0.557. The van der Waals surface area contributed by atoms with Crippen LogP contribution in [0.25, 0.3) is 0 Å². The third kappa shape index (κ3) is 6.14. The maximum Gasteiger partial charge on any atom is 0.257 e. The van der Waals surface area contributed by atoms with Crippen molar-refractivity contribution in [3.8, 4) is 5.75 Å². The Labute approximate surface area is 149 Å². The minimum absolute atomic E-state index is 0.0818. The summed E-state index contributed by atoms with van der Waals surface area (Å²) in [4.78, 5) is 23.8. The highest BCUT2D eigenvalue weighted by atomic mass is 35.5. The molecule has 0 atom stereocenters. The van der Waals surface area contributed by atoms with Crippen LogP contribution in [-0.4, -0.2) is 30.7 Å². The number of primary amides is 1. The molecule has 0 saturated heterocycles. The Bertz CT molecular complexity index is 690. The predicted octanol–water partition coefficient (Wildman–Crippen LogP) is 2.73. The van der Waals surface area contributed by atoms with E-state index in [9.17, 15) is 9.59 Å². The van der Waals surface area contributed by atoms with Crippen molar-refractivity contribution >= 4 is 35.2 Å². The molecule has 0 spiro atoms. The fourth-order valence-electron chi connectivity index (χ4n) is 1.81. The second kappa shape index (κ2) is 9.20. The third-order valence-electron chi connectivity index (χ3n) is 3.02. The van der Waals surface area contributed by atoms with Crippen molar-refractivity contribution < 1.29 is 14.3 Å². The van der Waals surface area contributed by atoms with E-state index in [2.05, 4.69) is 5.32 Å². The average Bonchev–Trinajstić information content (AvgIpc) is 2.59. The third-order valence-corrected chi connectivity index (χ3v) is 4.28. The highest BCUT2D eigenvalue weighted by Gasteiger charge is 2.04. The van der Waals surface area contributed by atoms with Crippen LogP contribution in [-0.2, 0) is 4.79 Å². The molecule has 5 nitrogen and oxygen atoms in total. The number of carbonyl (C=O) groups excluding carboxylic acids is 2. The van der Waals surface area contributed by atoms with Crippen LogP contribution in [0, 0.1) is 0 Å². The molecule has 0 fully saturated rings. The summed E-state index contributed by atoms with van der Waals surface area (Å²) in [5.74, 6) is 0.551. The van der Waals surface area contributed by atoms with Crippen molar-refractivity contribution in [3.63, 3.8) is 0 Å². The number of nitrogens with one attached hydrogen (secondary N) is 1. The van der Waals surface area contributed by atoms with Gasteiger partial charge in [0.05, 0.1) is 0 Å². The Hall–Kier alpha value is -2.18. The predicted molar refractivity (Wildman–Crippen MR) is 95.6 cm³/mol. The Kier molecular flexibility index (Phi) is 6.96. The second-order valence-corrected chi connectivity index (χ2v) is 6.43. The summed E-state index contributed by atoms with van der Waals surface area (Å²) in [6, 6.07) is 13.9. The average molecular weight is 365 g/mol. The lowest BCUT2D eigenvalue weighted by molar-refractivity contribution is -0.122. The maximum atomic E-state index is 11.7. The van der Waals surface area contributed by atoms with Crippen molar-refractivity contribution in [3.05, 3.63) is 59.1 Å². The van der Waals surface area contributed by atoms with Gasteiger partial charge in [-0.25, -0.2) is 0 Å². The van der Waals surface area contributed by atoms with E-state index in [0.717, 1.165) is 10.6 Å². The first-order valence-corrected chi connectivity index (χ1v) is 8.58. The van der Waals surface area contributed by atoms with Gasteiger partial charge in [-0.3, -0.25) is 9.59 Å². The number of thioether (sulfide) groups is 1. The normalized spacial score (nSPS) is 10.2. The molecule has 2 aromatic carbocycles. The van der Waals surface area contributed by atoms with Crippen LogP contribution in [0.5, 0.6) is 5.75 Å². The lowest BCUT2D eigenvalue weighted by Crippen LogP contribution is -2.30. The number of benzene rings is 2. The molecule has 3 N–H and O–H groups in total. The first-order valence-electron chi connectivity index (χ1n) is 7.22. The van der Waals surface area contributed by atoms with Gasteiger partial charge in [0.1, 0.15) is 5.75 Å². The van der Waals surface area contributed by atoms with Gasteiger partial charge in [0.2, 0.25) is 5.91 Å². The van der Waals surface area contributed by atoms with Gasteiger partial charge in [-0.1, -0.05) is 11.6 Å². The zero-order valence-electron chi connectivity index (χ0n) is 12.8. The van der Waals surface area contributed by atoms with Crippen LogP contribution >= 0.6 is 23.4 Å². The molecule has 0 aliphatic heterocycles. The number of halogens is 1. The van der Waals surface area contributed by atoms with E-state index in [-0.39, 0.29) is 12.5 Å². The molecule has 0 aromatic heterocycles. The van der Waals surface area contributed by atoms with Crippen molar-refractivity contribution in [2.75, 3.05) is 18.9 Å². The van der Waals surface area contributed by atoms with Crippen LogP contribution in [0.1, 0.15) is 10.4 Å². The lowest BCUT2D eigenvalue weighted by Gasteiger charge is -2.08. The second-order valence-electron chi connectivity index (χ2n) is 4.83. The Balaban J connectivity index is 1.64. The van der Waals surface area contributed by atoms with Crippen molar-refractivity contribution in [1.29, 1.82) is 0 Å². The molecule has 0 radical (unpaired) electrons. The molecule has 0 heterocycles. The molecule has 7 heteroatoms. The van der Waals surface area contributed by atoms with Crippen molar-refractivity contribution in [2.24, 2.45) is 5.73 Å². The largest absolute Gasteiger partial charge is 0.484 e. The van der Waals surface area contributed by atoms with Crippen LogP contribution in [0.2, 0.25) is 5.02 Å². The molecule has 0 bridgehead atoms. The molecule has 24 heavy (non-hydrogen) atoms. The Morgan fingerprint density at radius 2 is 1.75 bits per heavy atom. The molecular formula is C17H17ClN2O3S.